The molecule has 1 aromatic heterocycles. The van der Waals surface area contributed by atoms with E-state index in [4.69, 9.17) is 0 Å². The third-order valence-electron chi connectivity index (χ3n) is 3.34. The van der Waals surface area contributed by atoms with Gasteiger partial charge in [-0.15, -0.1) is 0 Å². The summed E-state index contributed by atoms with van der Waals surface area (Å²) >= 11 is 0. The van der Waals surface area contributed by atoms with Crippen LogP contribution in [0.3, 0.4) is 0 Å². The van der Waals surface area contributed by atoms with Gasteiger partial charge in [-0.25, -0.2) is 4.98 Å². The molecule has 1 heterocycles. The standard InChI is InChI=1S/C13H21N3/c1-14-13-9-12(7-8-15-13)16-10-11-5-3-2-4-6-11/h7-9,11H,2-6,10H2,1H3,(H2,14,15,16). The van der Waals surface area contributed by atoms with Crippen LogP contribution in [0.1, 0.15) is 32.1 Å². The second kappa shape index (κ2) is 5.73. The molecule has 16 heavy (non-hydrogen) atoms. The van der Waals surface area contributed by atoms with E-state index in [0.29, 0.717) is 0 Å². The molecule has 2 rings (SSSR count). The minimum Gasteiger partial charge on any atom is -0.385 e. The van der Waals surface area contributed by atoms with Gasteiger partial charge < -0.3 is 10.6 Å². The molecule has 2 N–H and O–H groups in total. The van der Waals surface area contributed by atoms with E-state index in [-0.39, 0.29) is 0 Å². The van der Waals surface area contributed by atoms with Crippen LogP contribution >= 0.6 is 0 Å². The van der Waals surface area contributed by atoms with Crippen molar-refractivity contribution < 1.29 is 0 Å². The van der Waals surface area contributed by atoms with Gasteiger partial charge in [0.15, 0.2) is 0 Å². The van der Waals surface area contributed by atoms with Crippen LogP contribution in [0.15, 0.2) is 18.3 Å². The fourth-order valence-corrected chi connectivity index (χ4v) is 2.33. The van der Waals surface area contributed by atoms with Crippen LogP contribution in [0.25, 0.3) is 0 Å². The zero-order valence-electron chi connectivity index (χ0n) is 10.00. The Morgan fingerprint density at radius 3 is 2.88 bits per heavy atom. The molecule has 1 aliphatic carbocycles. The van der Waals surface area contributed by atoms with Crippen molar-refractivity contribution in [2.45, 2.75) is 32.1 Å². The molecule has 0 unspecified atom stereocenters. The minimum absolute atomic E-state index is 0.861. The zero-order chi connectivity index (χ0) is 11.2. The van der Waals surface area contributed by atoms with Gasteiger partial charge in [-0.05, 0) is 24.8 Å². The van der Waals surface area contributed by atoms with Crippen LogP contribution in [0.2, 0.25) is 0 Å². The largest absolute Gasteiger partial charge is 0.385 e. The maximum absolute atomic E-state index is 4.20. The lowest BCUT2D eigenvalue weighted by atomic mass is 9.89. The number of anilines is 2. The van der Waals surface area contributed by atoms with Crippen LogP contribution in [0, 0.1) is 5.92 Å². The highest BCUT2D eigenvalue weighted by Crippen LogP contribution is 2.24. The minimum atomic E-state index is 0.861. The Morgan fingerprint density at radius 2 is 2.12 bits per heavy atom. The predicted octanol–water partition coefficient (Wildman–Crippen LogP) is 3.12. The number of hydrogen-bond acceptors (Lipinski definition) is 3. The average Bonchev–Trinajstić information content (AvgIpc) is 2.38. The van der Waals surface area contributed by atoms with Gasteiger partial charge in [0, 0.05) is 31.5 Å². The normalized spacial score (nSPS) is 17.1. The molecular weight excluding hydrogens is 198 g/mol. The molecule has 1 aromatic rings. The summed E-state index contributed by atoms with van der Waals surface area (Å²) in [5, 5.41) is 6.56. The molecule has 0 bridgehead atoms. The van der Waals surface area contributed by atoms with E-state index in [1.54, 1.807) is 0 Å². The quantitative estimate of drug-likeness (QED) is 0.817. The fourth-order valence-electron chi connectivity index (χ4n) is 2.33. The van der Waals surface area contributed by atoms with E-state index < -0.39 is 0 Å². The van der Waals surface area contributed by atoms with Gasteiger partial charge in [-0.1, -0.05) is 19.3 Å². The van der Waals surface area contributed by atoms with Crippen molar-refractivity contribution in [3.63, 3.8) is 0 Å². The van der Waals surface area contributed by atoms with E-state index in [1.807, 2.05) is 19.3 Å². The SMILES string of the molecule is CNc1cc(NCC2CCCCC2)ccn1. The van der Waals surface area contributed by atoms with Crippen molar-refractivity contribution in [1.29, 1.82) is 0 Å². The van der Waals surface area contributed by atoms with Crippen molar-refractivity contribution >= 4 is 11.5 Å². The molecule has 0 atom stereocenters. The topological polar surface area (TPSA) is 37.0 Å². The van der Waals surface area contributed by atoms with E-state index in [1.165, 1.54) is 37.8 Å². The molecule has 3 heteroatoms. The summed E-state index contributed by atoms with van der Waals surface area (Å²) in [7, 11) is 1.90. The van der Waals surface area contributed by atoms with E-state index in [0.717, 1.165) is 18.3 Å². The average molecular weight is 219 g/mol. The molecule has 0 aliphatic heterocycles. The van der Waals surface area contributed by atoms with Gasteiger partial charge in [-0.2, -0.15) is 0 Å². The Balaban J connectivity index is 1.83. The summed E-state index contributed by atoms with van der Waals surface area (Å²) in [6, 6.07) is 4.09. The number of nitrogens with zero attached hydrogens (tertiary/aromatic N) is 1. The molecule has 1 aliphatic rings. The van der Waals surface area contributed by atoms with Crippen LogP contribution < -0.4 is 10.6 Å². The first-order chi connectivity index (χ1) is 7.88. The molecule has 0 radical (unpaired) electrons. The van der Waals surface area contributed by atoms with Crippen LogP contribution in [-0.4, -0.2) is 18.6 Å². The fraction of sp³-hybridized carbons (Fsp3) is 0.615. The monoisotopic (exact) mass is 219 g/mol. The van der Waals surface area contributed by atoms with Gasteiger partial charge >= 0.3 is 0 Å². The number of pyridine rings is 1. The third kappa shape index (κ3) is 3.12. The number of hydrogen-bond donors (Lipinski definition) is 2. The summed E-state index contributed by atoms with van der Waals surface area (Å²) in [4.78, 5) is 4.20. The van der Waals surface area contributed by atoms with Crippen LogP contribution in [0.4, 0.5) is 11.5 Å². The van der Waals surface area contributed by atoms with Crippen molar-refractivity contribution in [2.24, 2.45) is 5.92 Å². The first kappa shape index (κ1) is 11.2. The van der Waals surface area contributed by atoms with Gasteiger partial charge in [0.1, 0.15) is 5.82 Å². The van der Waals surface area contributed by atoms with Gasteiger partial charge in [-0.3, -0.25) is 0 Å². The van der Waals surface area contributed by atoms with Crippen molar-refractivity contribution in [1.82, 2.24) is 4.98 Å². The molecular formula is C13H21N3. The molecule has 3 nitrogen and oxygen atoms in total. The number of nitrogens with one attached hydrogen (secondary N) is 2. The predicted molar refractivity (Wildman–Crippen MR) is 68.8 cm³/mol. The lowest BCUT2D eigenvalue weighted by Crippen LogP contribution is -2.17. The summed E-state index contributed by atoms with van der Waals surface area (Å²) in [5.74, 6) is 1.79. The third-order valence-corrected chi connectivity index (χ3v) is 3.34. The van der Waals surface area contributed by atoms with Crippen molar-refractivity contribution in [3.8, 4) is 0 Å². The molecule has 1 fully saturated rings. The molecule has 0 saturated heterocycles. The Morgan fingerprint density at radius 1 is 1.31 bits per heavy atom. The van der Waals surface area contributed by atoms with Crippen LogP contribution in [0.5, 0.6) is 0 Å². The molecule has 88 valence electrons. The lowest BCUT2D eigenvalue weighted by molar-refractivity contribution is 0.373. The molecule has 1 saturated carbocycles. The number of rotatable bonds is 4. The summed E-state index contributed by atoms with van der Waals surface area (Å²) in [5.41, 5.74) is 1.17. The van der Waals surface area contributed by atoms with Crippen LogP contribution in [-0.2, 0) is 0 Å². The number of aromatic nitrogens is 1. The second-order valence-electron chi connectivity index (χ2n) is 4.56. The first-order valence-electron chi connectivity index (χ1n) is 6.26. The maximum atomic E-state index is 4.20. The highest BCUT2D eigenvalue weighted by atomic mass is 15.0. The van der Waals surface area contributed by atoms with E-state index in [2.05, 4.69) is 21.7 Å². The Bertz CT molecular complexity index is 319. The van der Waals surface area contributed by atoms with Gasteiger partial charge in [0.2, 0.25) is 0 Å². The summed E-state index contributed by atoms with van der Waals surface area (Å²) in [6.07, 6.45) is 8.85. The highest BCUT2D eigenvalue weighted by molar-refractivity contribution is 5.51. The van der Waals surface area contributed by atoms with Gasteiger partial charge in [0.25, 0.3) is 0 Å². The highest BCUT2D eigenvalue weighted by Gasteiger charge is 2.12. The Kier molecular flexibility index (Phi) is 4.03. The lowest BCUT2D eigenvalue weighted by Gasteiger charge is -2.22. The Hall–Kier alpha value is -1.25. The zero-order valence-corrected chi connectivity index (χ0v) is 10.00. The molecule has 0 spiro atoms. The first-order valence-corrected chi connectivity index (χ1v) is 6.26. The van der Waals surface area contributed by atoms with Crippen molar-refractivity contribution in [2.75, 3.05) is 24.2 Å². The van der Waals surface area contributed by atoms with E-state index >= 15 is 0 Å². The summed E-state index contributed by atoms with van der Waals surface area (Å²) < 4.78 is 0. The Labute approximate surface area is 97.7 Å². The molecule has 0 aromatic carbocycles. The van der Waals surface area contributed by atoms with E-state index in [9.17, 15) is 0 Å². The summed E-state index contributed by atoms with van der Waals surface area (Å²) in [6.45, 7) is 1.10. The smallest absolute Gasteiger partial charge is 0.127 e. The molecule has 0 amide bonds. The van der Waals surface area contributed by atoms with Gasteiger partial charge in [0.05, 0.1) is 0 Å². The maximum Gasteiger partial charge on any atom is 0.127 e. The second-order valence-corrected chi connectivity index (χ2v) is 4.56. The van der Waals surface area contributed by atoms with Crippen molar-refractivity contribution in [3.05, 3.63) is 18.3 Å².